The molecule has 7 nitrogen and oxygen atoms in total. The molecule has 266 valence electrons. The van der Waals surface area contributed by atoms with Crippen LogP contribution in [-0.2, 0) is 25.7 Å². The molecule has 4 aromatic rings. The van der Waals surface area contributed by atoms with Crippen molar-refractivity contribution in [3.05, 3.63) is 154 Å². The summed E-state index contributed by atoms with van der Waals surface area (Å²) in [5, 5.41) is 15.4. The summed E-state index contributed by atoms with van der Waals surface area (Å²) in [7, 11) is 0. The minimum Gasteiger partial charge on any atom is -0.481 e. The van der Waals surface area contributed by atoms with Gasteiger partial charge in [-0.25, -0.2) is 4.79 Å². The number of hydrogen-bond donors (Lipinski definition) is 2. The van der Waals surface area contributed by atoms with Crippen LogP contribution in [0.2, 0.25) is 5.02 Å². The molecule has 8 heteroatoms. The first kappa shape index (κ1) is 36.4. The van der Waals surface area contributed by atoms with Crippen LogP contribution in [0.5, 0.6) is 0 Å². The van der Waals surface area contributed by atoms with Gasteiger partial charge in [0.2, 0.25) is 0 Å². The number of esters is 1. The Morgan fingerprint density at radius 2 is 1.51 bits per heavy atom. The van der Waals surface area contributed by atoms with E-state index in [0.717, 1.165) is 36.3 Å². The fourth-order valence-corrected chi connectivity index (χ4v) is 8.09. The number of halogens is 1. The van der Waals surface area contributed by atoms with Gasteiger partial charge in [-0.3, -0.25) is 4.79 Å². The van der Waals surface area contributed by atoms with Crippen molar-refractivity contribution in [3.8, 4) is 0 Å². The van der Waals surface area contributed by atoms with E-state index in [-0.39, 0.29) is 31.1 Å². The summed E-state index contributed by atoms with van der Waals surface area (Å²) in [4.78, 5) is 30.9. The number of likely N-dealkylation sites (tertiary alicyclic amines) is 1. The van der Waals surface area contributed by atoms with Gasteiger partial charge in [-0.05, 0) is 80.1 Å². The van der Waals surface area contributed by atoms with Crippen molar-refractivity contribution >= 4 is 23.5 Å². The molecule has 0 saturated carbocycles. The van der Waals surface area contributed by atoms with Gasteiger partial charge in [0.15, 0.2) is 0 Å². The fraction of sp³-hybridized carbons (Fsp3) is 0.349. The first-order valence-corrected chi connectivity index (χ1v) is 18.3. The molecule has 6 rings (SSSR count). The van der Waals surface area contributed by atoms with E-state index in [2.05, 4.69) is 34.5 Å². The second-order valence-electron chi connectivity index (χ2n) is 13.7. The van der Waals surface area contributed by atoms with Gasteiger partial charge in [-0.2, -0.15) is 0 Å². The molecule has 1 saturated heterocycles. The molecule has 2 N–H and O–H groups in total. The monoisotopic (exact) mass is 706 g/mol. The smallest absolute Gasteiger partial charge is 0.336 e. The van der Waals surface area contributed by atoms with E-state index in [1.54, 1.807) is 12.1 Å². The SMILES string of the molecule is CC1NC(COCCN2CCCC2)=C(C(=O)OCc2ccccc2)C(c2cccc(Cl)c2)C1(CCC(c1ccccc1)c1ccccc1)C(=O)O. The Balaban J connectivity index is 1.42. The zero-order chi connectivity index (χ0) is 35.6. The highest BCUT2D eigenvalue weighted by Gasteiger charge is 2.57. The zero-order valence-corrected chi connectivity index (χ0v) is 29.9. The Kier molecular flexibility index (Phi) is 12.3. The Morgan fingerprint density at radius 3 is 2.12 bits per heavy atom. The van der Waals surface area contributed by atoms with Gasteiger partial charge in [-0.1, -0.05) is 115 Å². The Labute approximate surface area is 306 Å². The Bertz CT molecular complexity index is 1740. The van der Waals surface area contributed by atoms with Crippen LogP contribution in [-0.4, -0.2) is 60.8 Å². The molecule has 0 aliphatic carbocycles. The average Bonchev–Trinajstić information content (AvgIpc) is 3.68. The van der Waals surface area contributed by atoms with Crippen LogP contribution >= 0.6 is 11.6 Å². The third-order valence-corrected chi connectivity index (χ3v) is 10.8. The standard InChI is InChI=1S/C43H47ClN2O5/c1-31-43(42(48)49,23-22-37(33-16-7-3-8-17-33)34-18-9-4-10-19-34)40(35-20-13-21-36(44)28-35)39(41(47)51-29-32-14-5-2-6-15-32)38(45-31)30-50-27-26-46-24-11-12-25-46/h2-10,13-21,28,31,37,40,45H,11-12,22-27,29-30H2,1H3,(H,48,49). The number of ether oxygens (including phenoxy) is 2. The lowest BCUT2D eigenvalue weighted by Crippen LogP contribution is -2.57. The zero-order valence-electron chi connectivity index (χ0n) is 29.2. The number of carbonyl (C=O) groups excluding carboxylic acids is 1. The topological polar surface area (TPSA) is 88.1 Å². The normalized spacial score (nSPS) is 20.7. The number of rotatable bonds is 15. The Morgan fingerprint density at radius 1 is 0.882 bits per heavy atom. The lowest BCUT2D eigenvalue weighted by molar-refractivity contribution is -0.154. The number of carboxylic acid groups (broad SMARTS) is 1. The molecule has 0 spiro atoms. The molecule has 3 atom stereocenters. The summed E-state index contributed by atoms with van der Waals surface area (Å²) < 4.78 is 12.2. The van der Waals surface area contributed by atoms with Crippen molar-refractivity contribution in [2.24, 2.45) is 5.41 Å². The van der Waals surface area contributed by atoms with Crippen LogP contribution in [0, 0.1) is 5.41 Å². The van der Waals surface area contributed by atoms with E-state index in [0.29, 0.717) is 29.3 Å². The van der Waals surface area contributed by atoms with Crippen molar-refractivity contribution in [3.63, 3.8) is 0 Å². The van der Waals surface area contributed by atoms with Crippen molar-refractivity contribution in [2.75, 3.05) is 32.8 Å². The number of benzene rings is 4. The van der Waals surface area contributed by atoms with Gasteiger partial charge in [0.25, 0.3) is 0 Å². The van der Waals surface area contributed by atoms with Crippen LogP contribution in [0.4, 0.5) is 0 Å². The number of nitrogens with one attached hydrogen (secondary N) is 1. The molecule has 2 aliphatic rings. The van der Waals surface area contributed by atoms with Crippen molar-refractivity contribution < 1.29 is 24.2 Å². The summed E-state index contributed by atoms with van der Waals surface area (Å²) in [6, 6.07) is 36.5. The maximum absolute atomic E-state index is 14.5. The van der Waals surface area contributed by atoms with Gasteiger partial charge in [0, 0.05) is 35.1 Å². The molecule has 1 fully saturated rings. The summed E-state index contributed by atoms with van der Waals surface area (Å²) in [6.45, 7) is 5.49. The van der Waals surface area contributed by atoms with Crippen molar-refractivity contribution in [1.29, 1.82) is 0 Å². The molecule has 0 radical (unpaired) electrons. The second-order valence-corrected chi connectivity index (χ2v) is 14.1. The predicted octanol–water partition coefficient (Wildman–Crippen LogP) is 8.21. The number of hydrogen-bond acceptors (Lipinski definition) is 6. The molecule has 4 aromatic carbocycles. The number of nitrogens with zero attached hydrogens (tertiary/aromatic N) is 1. The van der Waals surface area contributed by atoms with Gasteiger partial charge >= 0.3 is 11.9 Å². The van der Waals surface area contributed by atoms with E-state index < -0.39 is 29.3 Å². The lowest BCUT2D eigenvalue weighted by Gasteiger charge is -2.48. The van der Waals surface area contributed by atoms with Crippen LogP contribution in [0.15, 0.2) is 127 Å². The van der Waals surface area contributed by atoms with Crippen LogP contribution < -0.4 is 5.32 Å². The summed E-state index contributed by atoms with van der Waals surface area (Å²) in [5.41, 5.74) is 3.06. The fourth-order valence-electron chi connectivity index (χ4n) is 7.89. The quantitative estimate of drug-likeness (QED) is 0.0952. The first-order valence-electron chi connectivity index (χ1n) is 18.0. The van der Waals surface area contributed by atoms with Crippen molar-refractivity contribution in [2.45, 2.75) is 57.1 Å². The van der Waals surface area contributed by atoms with E-state index in [9.17, 15) is 14.7 Å². The van der Waals surface area contributed by atoms with Gasteiger partial charge < -0.3 is 24.8 Å². The summed E-state index contributed by atoms with van der Waals surface area (Å²) >= 11 is 6.61. The van der Waals surface area contributed by atoms with E-state index in [1.165, 1.54) is 12.8 Å². The Hall–Kier alpha value is -4.43. The lowest BCUT2D eigenvalue weighted by atomic mass is 9.59. The van der Waals surface area contributed by atoms with E-state index in [4.69, 9.17) is 21.1 Å². The highest BCUT2D eigenvalue weighted by molar-refractivity contribution is 6.30. The van der Waals surface area contributed by atoms with Crippen molar-refractivity contribution in [1.82, 2.24) is 10.2 Å². The highest BCUT2D eigenvalue weighted by Crippen LogP contribution is 2.53. The van der Waals surface area contributed by atoms with Gasteiger partial charge in [0.05, 0.1) is 24.2 Å². The minimum absolute atomic E-state index is 0.0499. The molecule has 0 aromatic heterocycles. The number of carboxylic acids is 1. The molecule has 0 amide bonds. The van der Waals surface area contributed by atoms with Crippen LogP contribution in [0.3, 0.4) is 0 Å². The predicted molar refractivity (Wildman–Crippen MR) is 201 cm³/mol. The maximum Gasteiger partial charge on any atom is 0.336 e. The van der Waals surface area contributed by atoms with Crippen LogP contribution in [0.1, 0.15) is 66.7 Å². The molecular weight excluding hydrogens is 660 g/mol. The average molecular weight is 707 g/mol. The van der Waals surface area contributed by atoms with Gasteiger partial charge in [-0.15, -0.1) is 0 Å². The number of aliphatic carboxylic acids is 1. The van der Waals surface area contributed by atoms with E-state index in [1.807, 2.05) is 85.8 Å². The molecular formula is C43H47ClN2O5. The number of carbonyl (C=O) groups is 2. The minimum atomic E-state index is -1.45. The first-order chi connectivity index (χ1) is 24.9. The van der Waals surface area contributed by atoms with Gasteiger partial charge in [0.1, 0.15) is 6.61 Å². The van der Waals surface area contributed by atoms with E-state index >= 15 is 0 Å². The second kappa shape index (κ2) is 17.2. The summed E-state index contributed by atoms with van der Waals surface area (Å²) in [5.74, 6) is -2.51. The summed E-state index contributed by atoms with van der Waals surface area (Å²) in [6.07, 6.45) is 3.17. The maximum atomic E-state index is 14.5. The molecule has 3 unspecified atom stereocenters. The molecule has 0 bridgehead atoms. The molecule has 51 heavy (non-hydrogen) atoms. The third kappa shape index (κ3) is 8.55. The third-order valence-electron chi connectivity index (χ3n) is 10.6. The van der Waals surface area contributed by atoms with Crippen LogP contribution in [0.25, 0.3) is 0 Å². The molecule has 2 heterocycles. The largest absolute Gasteiger partial charge is 0.481 e. The highest BCUT2D eigenvalue weighted by atomic mass is 35.5. The molecule has 2 aliphatic heterocycles.